The first-order chi connectivity index (χ1) is 16.5. The number of ether oxygens (including phenoxy) is 1. The number of aryl methyl sites for hydroxylation is 2. The molecule has 2 aliphatic rings. The van der Waals surface area contributed by atoms with Crippen molar-refractivity contribution in [3.8, 4) is 12.3 Å². The van der Waals surface area contributed by atoms with Crippen molar-refractivity contribution in [2.24, 2.45) is 0 Å². The Kier molecular flexibility index (Phi) is 6.02. The number of nitrogens with one attached hydrogen (secondary N) is 1. The van der Waals surface area contributed by atoms with Gasteiger partial charge in [-0.15, -0.1) is 6.42 Å². The summed E-state index contributed by atoms with van der Waals surface area (Å²) in [5.74, 6) is 2.91. The van der Waals surface area contributed by atoms with Crippen molar-refractivity contribution in [3.05, 3.63) is 94.0 Å². The van der Waals surface area contributed by atoms with Crippen molar-refractivity contribution >= 4 is 17.5 Å². The Hall–Kier alpha value is -3.71. The smallest absolute Gasteiger partial charge is 0.412 e. The van der Waals surface area contributed by atoms with Gasteiger partial charge in [0.1, 0.15) is 0 Å². The molecule has 0 saturated carbocycles. The Bertz CT molecular complexity index is 1160. The number of benzene rings is 3. The van der Waals surface area contributed by atoms with E-state index >= 15 is 0 Å². The quantitative estimate of drug-likeness (QED) is 0.470. The number of carbonyl (C=O) groups excluding carboxylic acids is 1. The van der Waals surface area contributed by atoms with Gasteiger partial charge in [0.25, 0.3) is 0 Å². The molecular formula is C30H30N2O2. The fourth-order valence-corrected chi connectivity index (χ4v) is 5.42. The van der Waals surface area contributed by atoms with E-state index in [9.17, 15) is 4.79 Å². The zero-order chi connectivity index (χ0) is 23.7. The molecule has 0 saturated heterocycles. The van der Waals surface area contributed by atoms with Gasteiger partial charge >= 0.3 is 6.09 Å². The van der Waals surface area contributed by atoms with Gasteiger partial charge in [0.15, 0.2) is 6.61 Å². The lowest BCUT2D eigenvalue weighted by atomic mass is 9.76. The number of hydrogen-bond donors (Lipinski definition) is 1. The van der Waals surface area contributed by atoms with E-state index < -0.39 is 6.09 Å². The van der Waals surface area contributed by atoms with Crippen LogP contribution in [0.25, 0.3) is 0 Å². The number of anilines is 2. The molecule has 0 spiro atoms. The minimum Gasteiger partial charge on any atom is -0.436 e. The summed E-state index contributed by atoms with van der Waals surface area (Å²) >= 11 is 0. The van der Waals surface area contributed by atoms with Crippen LogP contribution in [0.3, 0.4) is 0 Å². The first kappa shape index (κ1) is 22.1. The zero-order valence-corrected chi connectivity index (χ0v) is 19.8. The fraction of sp³-hybridized carbons (Fsp3) is 0.300. The van der Waals surface area contributed by atoms with E-state index in [1.807, 2.05) is 0 Å². The maximum atomic E-state index is 12.4. The van der Waals surface area contributed by atoms with Crippen LogP contribution < -0.4 is 10.2 Å². The molecule has 2 heterocycles. The summed E-state index contributed by atoms with van der Waals surface area (Å²) in [6, 6.07) is 21.9. The van der Waals surface area contributed by atoms with Gasteiger partial charge in [0, 0.05) is 36.3 Å². The zero-order valence-electron chi connectivity index (χ0n) is 19.8. The molecule has 2 unspecified atom stereocenters. The van der Waals surface area contributed by atoms with Crippen molar-refractivity contribution in [2.45, 2.75) is 38.5 Å². The summed E-state index contributed by atoms with van der Waals surface area (Å²) in [6.45, 7) is 6.27. The molecule has 1 N–H and O–H groups in total. The lowest BCUT2D eigenvalue weighted by Crippen LogP contribution is -2.37. The van der Waals surface area contributed by atoms with Crippen molar-refractivity contribution < 1.29 is 9.53 Å². The third kappa shape index (κ3) is 4.26. The standard InChI is InChI=1S/C30H30N2O2/c1-4-17-34-30(33)31-24-18-27-25(22-9-5-20(2)6-10-22)13-15-32-16-14-26(28(19-24)29(27)32)23-11-7-21(3)8-12-23/h1,5-12,18-19,25-26H,13-17H2,2-3H3,(H,31,33). The molecular weight excluding hydrogens is 420 g/mol. The Morgan fingerprint density at radius 3 is 1.91 bits per heavy atom. The molecule has 172 valence electrons. The van der Waals surface area contributed by atoms with Gasteiger partial charge in [-0.05, 0) is 61.1 Å². The second-order valence-electron chi connectivity index (χ2n) is 9.40. The highest BCUT2D eigenvalue weighted by atomic mass is 16.5. The first-order valence-electron chi connectivity index (χ1n) is 12.0. The van der Waals surface area contributed by atoms with Crippen molar-refractivity contribution in [1.82, 2.24) is 0 Å². The van der Waals surface area contributed by atoms with E-state index in [0.717, 1.165) is 31.6 Å². The van der Waals surface area contributed by atoms with Crippen LogP contribution in [0.1, 0.15) is 58.1 Å². The van der Waals surface area contributed by atoms with E-state index in [0.29, 0.717) is 0 Å². The van der Waals surface area contributed by atoms with Crippen LogP contribution in [0.15, 0.2) is 60.7 Å². The summed E-state index contributed by atoms with van der Waals surface area (Å²) in [5.41, 5.74) is 9.79. The molecule has 0 fully saturated rings. The van der Waals surface area contributed by atoms with Gasteiger partial charge in [-0.1, -0.05) is 65.6 Å². The van der Waals surface area contributed by atoms with Crippen molar-refractivity contribution in [3.63, 3.8) is 0 Å². The molecule has 0 bridgehead atoms. The molecule has 0 radical (unpaired) electrons. The molecule has 3 aromatic rings. The summed E-state index contributed by atoms with van der Waals surface area (Å²) in [5, 5.41) is 2.93. The number of amides is 1. The average Bonchev–Trinajstić information content (AvgIpc) is 2.84. The largest absolute Gasteiger partial charge is 0.436 e. The molecule has 4 nitrogen and oxygen atoms in total. The molecule has 4 heteroatoms. The fourth-order valence-electron chi connectivity index (χ4n) is 5.42. The average molecular weight is 451 g/mol. The van der Waals surface area contributed by atoms with Crippen LogP contribution in [0, 0.1) is 26.2 Å². The summed E-state index contributed by atoms with van der Waals surface area (Å²) in [6.07, 6.45) is 6.84. The molecule has 0 aromatic heterocycles. The Balaban J connectivity index is 1.62. The predicted molar refractivity (Wildman–Crippen MR) is 138 cm³/mol. The number of hydrogen-bond acceptors (Lipinski definition) is 3. The normalized spacial score (nSPS) is 18.6. The summed E-state index contributed by atoms with van der Waals surface area (Å²) in [7, 11) is 0. The van der Waals surface area contributed by atoms with Crippen LogP contribution >= 0.6 is 0 Å². The van der Waals surface area contributed by atoms with E-state index in [2.05, 4.69) is 90.6 Å². The van der Waals surface area contributed by atoms with Gasteiger partial charge in [0.05, 0.1) is 0 Å². The Labute approximate surface area is 201 Å². The molecule has 34 heavy (non-hydrogen) atoms. The molecule has 0 aliphatic carbocycles. The molecule has 1 amide bonds. The number of carbonyl (C=O) groups is 1. The third-order valence-electron chi connectivity index (χ3n) is 7.10. The molecule has 2 aliphatic heterocycles. The molecule has 2 atom stereocenters. The van der Waals surface area contributed by atoms with Gasteiger partial charge < -0.3 is 9.64 Å². The van der Waals surface area contributed by atoms with Crippen LogP contribution in [0.2, 0.25) is 0 Å². The predicted octanol–water partition coefficient (Wildman–Crippen LogP) is 6.36. The highest BCUT2D eigenvalue weighted by Crippen LogP contribution is 2.49. The molecule has 3 aromatic carbocycles. The summed E-state index contributed by atoms with van der Waals surface area (Å²) < 4.78 is 5.10. The van der Waals surface area contributed by atoms with Crippen LogP contribution in [-0.4, -0.2) is 25.8 Å². The highest BCUT2D eigenvalue weighted by Gasteiger charge is 2.35. The number of rotatable bonds is 4. The van der Waals surface area contributed by atoms with Gasteiger partial charge in [-0.3, -0.25) is 5.32 Å². The topological polar surface area (TPSA) is 41.6 Å². The second kappa shape index (κ2) is 9.27. The van der Waals surface area contributed by atoms with Crippen molar-refractivity contribution in [2.75, 3.05) is 29.9 Å². The Morgan fingerprint density at radius 2 is 1.44 bits per heavy atom. The second-order valence-corrected chi connectivity index (χ2v) is 9.40. The minimum absolute atomic E-state index is 0.0462. The van der Waals surface area contributed by atoms with E-state index in [-0.39, 0.29) is 18.4 Å². The SMILES string of the molecule is C#CCOC(=O)Nc1cc2c3c(c1)C(c1ccc(C)cc1)CCN3CCC2c1ccc(C)cc1. The minimum atomic E-state index is -0.521. The maximum absolute atomic E-state index is 12.4. The Morgan fingerprint density at radius 1 is 0.941 bits per heavy atom. The number of terminal acetylenes is 1. The first-order valence-corrected chi connectivity index (χ1v) is 12.0. The van der Waals surface area contributed by atoms with Crippen LogP contribution in [-0.2, 0) is 4.74 Å². The van der Waals surface area contributed by atoms with Crippen LogP contribution in [0.5, 0.6) is 0 Å². The highest BCUT2D eigenvalue weighted by molar-refractivity contribution is 5.86. The maximum Gasteiger partial charge on any atom is 0.412 e. The van der Waals surface area contributed by atoms with Gasteiger partial charge in [0.2, 0.25) is 0 Å². The van der Waals surface area contributed by atoms with E-state index in [4.69, 9.17) is 11.2 Å². The number of nitrogens with zero attached hydrogens (tertiary/aromatic N) is 1. The lowest BCUT2D eigenvalue weighted by Gasteiger charge is -2.43. The van der Waals surface area contributed by atoms with Crippen molar-refractivity contribution in [1.29, 1.82) is 0 Å². The van der Waals surface area contributed by atoms with Gasteiger partial charge in [-0.25, -0.2) is 4.79 Å². The van der Waals surface area contributed by atoms with E-state index in [1.165, 1.54) is 39.1 Å². The van der Waals surface area contributed by atoms with Crippen LogP contribution in [0.4, 0.5) is 16.2 Å². The third-order valence-corrected chi connectivity index (χ3v) is 7.10. The lowest BCUT2D eigenvalue weighted by molar-refractivity contribution is 0.176. The molecule has 5 rings (SSSR count). The van der Waals surface area contributed by atoms with Gasteiger partial charge in [-0.2, -0.15) is 0 Å². The summed E-state index contributed by atoms with van der Waals surface area (Å²) in [4.78, 5) is 14.9. The van der Waals surface area contributed by atoms with E-state index in [1.54, 1.807) is 0 Å². The monoisotopic (exact) mass is 450 g/mol.